The molecule has 3 rings (SSSR count). The number of likely N-dealkylation sites (N-methyl/N-ethyl adjacent to an activating group) is 1. The number of aliphatic hydroxyl groups is 4. The van der Waals surface area contributed by atoms with E-state index in [-0.39, 0.29) is 31.4 Å². The molecule has 3 aliphatic heterocycles. The first-order valence-electron chi connectivity index (χ1n) is 25.6. The average Bonchev–Trinajstić information content (AvgIpc) is 3.25. The second-order valence-corrected chi connectivity index (χ2v) is 21.2. The average molecular weight is 959 g/mol. The van der Waals surface area contributed by atoms with E-state index in [1.54, 1.807) is 48.5 Å². The van der Waals surface area contributed by atoms with Crippen molar-refractivity contribution < 1.29 is 68.0 Å². The number of aliphatic hydroxyl groups excluding tert-OH is 2. The largest absolute Gasteiger partial charge is 0.459 e. The summed E-state index contributed by atoms with van der Waals surface area (Å²) in [6.07, 6.45) is 2.52. The topological polar surface area (TPSA) is 204 Å². The van der Waals surface area contributed by atoms with Gasteiger partial charge in [0.25, 0.3) is 0 Å². The van der Waals surface area contributed by atoms with Crippen LogP contribution in [-0.2, 0) is 47.6 Å². The molecule has 67 heavy (non-hydrogen) atoms. The Bertz CT molecular complexity index is 1510. The molecule has 0 aromatic heterocycles. The molecule has 0 radical (unpaired) electrons. The lowest BCUT2D eigenvalue weighted by Crippen LogP contribution is -2.61. The number of esters is 2. The van der Waals surface area contributed by atoms with E-state index >= 15 is 0 Å². The Kier molecular flexibility index (Phi) is 23.9. The smallest absolute Gasteiger partial charge is 0.311 e. The summed E-state index contributed by atoms with van der Waals surface area (Å²) in [5.74, 6) is -4.50. The molecule has 0 aromatic rings. The summed E-state index contributed by atoms with van der Waals surface area (Å²) in [6.45, 7) is 21.3. The monoisotopic (exact) mass is 959 g/mol. The first-order chi connectivity index (χ1) is 31.4. The van der Waals surface area contributed by atoms with Gasteiger partial charge < -0.3 is 63.3 Å². The number of cyclic esters (lactones) is 1. The van der Waals surface area contributed by atoms with E-state index < -0.39 is 108 Å². The van der Waals surface area contributed by atoms with E-state index in [2.05, 4.69) is 12.1 Å². The van der Waals surface area contributed by atoms with Gasteiger partial charge >= 0.3 is 11.9 Å². The van der Waals surface area contributed by atoms with Crippen LogP contribution < -0.4 is 0 Å². The van der Waals surface area contributed by atoms with E-state index in [1.165, 1.54) is 65.9 Å². The Morgan fingerprint density at radius 1 is 0.836 bits per heavy atom. The van der Waals surface area contributed by atoms with Crippen molar-refractivity contribution in [3.8, 4) is 0 Å². The standard InChI is InChI=1S/C51H94N2O14/c1-16-18-19-20-21-22-23-24-25-26-27-61-52-41-31(3)29-49(10,58)45(67-48-42(55)38(53(13)14)28-32(4)62-48)34(6)43(35(7)47(57)65-39(17-2)51(12,59)44(56)33(41)5)66-40-30-50(11,60-15)46(36(8)63-40)64-37(9)54/h31-36,38-40,42-46,48,55-56,58-59H,16-30H2,1-15H3/b52-41+/t31-,32-,33+,34+,35-,36+,38+,39-,40+,42-,43+,44-,45-,46+,48+,49?,50-,51-/m1/s1. The Balaban J connectivity index is 2.11. The molecule has 0 aliphatic carbocycles. The number of oxime groups is 1. The molecule has 1 unspecified atom stereocenters. The minimum absolute atomic E-state index is 0.0165. The highest BCUT2D eigenvalue weighted by Gasteiger charge is 2.54. The van der Waals surface area contributed by atoms with Gasteiger partial charge in [0.1, 0.15) is 30.0 Å². The molecule has 4 N–H and O–H groups in total. The van der Waals surface area contributed by atoms with Crippen LogP contribution in [-0.4, -0.2) is 155 Å². The number of methoxy groups -OCH3 is 1. The summed E-state index contributed by atoms with van der Waals surface area (Å²) in [7, 11) is 5.27. The summed E-state index contributed by atoms with van der Waals surface area (Å²) in [5, 5.41) is 53.6. The molecule has 3 saturated heterocycles. The number of nitrogens with zero attached hydrogens (tertiary/aromatic N) is 2. The minimum atomic E-state index is -1.94. The predicted octanol–water partition coefficient (Wildman–Crippen LogP) is 7.08. The summed E-state index contributed by atoms with van der Waals surface area (Å²) >= 11 is 0. The van der Waals surface area contributed by atoms with E-state index in [9.17, 15) is 30.0 Å². The van der Waals surface area contributed by atoms with E-state index in [4.69, 9.17) is 38.0 Å². The minimum Gasteiger partial charge on any atom is -0.459 e. The van der Waals surface area contributed by atoms with Crippen molar-refractivity contribution in [2.45, 2.75) is 257 Å². The third-order valence-electron chi connectivity index (χ3n) is 14.9. The van der Waals surface area contributed by atoms with Gasteiger partial charge in [-0.2, -0.15) is 0 Å². The van der Waals surface area contributed by atoms with Crippen molar-refractivity contribution in [3.63, 3.8) is 0 Å². The van der Waals surface area contributed by atoms with Gasteiger partial charge in [0.05, 0.1) is 47.8 Å². The van der Waals surface area contributed by atoms with Gasteiger partial charge in [0.2, 0.25) is 0 Å². The lowest BCUT2D eigenvalue weighted by atomic mass is 9.73. The number of carbonyl (C=O) groups excluding carboxylic acids is 2. The van der Waals surface area contributed by atoms with Gasteiger partial charge in [-0.25, -0.2) is 0 Å². The number of rotatable bonds is 20. The molecule has 16 nitrogen and oxygen atoms in total. The van der Waals surface area contributed by atoms with Crippen LogP contribution in [0.5, 0.6) is 0 Å². The fourth-order valence-corrected chi connectivity index (χ4v) is 10.8. The van der Waals surface area contributed by atoms with Crippen LogP contribution in [0.2, 0.25) is 0 Å². The molecule has 0 saturated carbocycles. The summed E-state index contributed by atoms with van der Waals surface area (Å²) in [4.78, 5) is 34.6. The predicted molar refractivity (Wildman–Crippen MR) is 256 cm³/mol. The van der Waals surface area contributed by atoms with Gasteiger partial charge in [-0.15, -0.1) is 0 Å². The van der Waals surface area contributed by atoms with Gasteiger partial charge in [-0.05, 0) is 87.7 Å². The Hall–Kier alpha value is -1.99. The fourth-order valence-electron chi connectivity index (χ4n) is 10.8. The number of hydrogen-bond donors (Lipinski definition) is 4. The molecule has 18 atom stereocenters. The summed E-state index contributed by atoms with van der Waals surface area (Å²) in [5.41, 5.74) is -4.33. The zero-order valence-electron chi connectivity index (χ0n) is 44.0. The molecule has 0 aromatic carbocycles. The first kappa shape index (κ1) is 59.3. The number of carbonyl (C=O) groups is 2. The van der Waals surface area contributed by atoms with Gasteiger partial charge in [0.15, 0.2) is 18.7 Å². The van der Waals surface area contributed by atoms with Crippen LogP contribution in [0.4, 0.5) is 0 Å². The highest BCUT2D eigenvalue weighted by Crippen LogP contribution is 2.41. The SMILES string of the molecule is CCCCCCCCCCCCO/N=C1\[C@H](C)CC(C)(O)[C@H](O[C@@H]2O[C@H](C)C[C@H](N(C)C)[C@H]2O)[C@@H](C)[C@H](O[C@H]2C[C@@](C)(OC)[C@@H](OC(C)=O)[C@H](C)O2)[C@@H](C)C(=O)O[C@H](CC)[C@@](C)(O)[C@H](O)[C@H]1C. The maximum absolute atomic E-state index is 14.5. The third kappa shape index (κ3) is 16.3. The quantitative estimate of drug-likeness (QED) is 0.0547. The van der Waals surface area contributed by atoms with Crippen molar-refractivity contribution in [3.05, 3.63) is 0 Å². The number of ether oxygens (including phenoxy) is 7. The molecule has 0 bridgehead atoms. The molecule has 3 fully saturated rings. The Morgan fingerprint density at radius 3 is 1.99 bits per heavy atom. The second kappa shape index (κ2) is 27.0. The van der Waals surface area contributed by atoms with Crippen molar-refractivity contribution in [1.29, 1.82) is 0 Å². The second-order valence-electron chi connectivity index (χ2n) is 21.2. The van der Waals surface area contributed by atoms with Crippen LogP contribution >= 0.6 is 0 Å². The van der Waals surface area contributed by atoms with E-state index in [1.807, 2.05) is 32.8 Å². The zero-order chi connectivity index (χ0) is 50.4. The lowest BCUT2D eigenvalue weighted by Gasteiger charge is -2.49. The molecule has 392 valence electrons. The van der Waals surface area contributed by atoms with Crippen LogP contribution in [0.3, 0.4) is 0 Å². The van der Waals surface area contributed by atoms with E-state index in [0.29, 0.717) is 18.7 Å². The summed E-state index contributed by atoms with van der Waals surface area (Å²) < 4.78 is 44.1. The highest BCUT2D eigenvalue weighted by atomic mass is 16.7. The van der Waals surface area contributed by atoms with Gasteiger partial charge in [-0.3, -0.25) is 9.59 Å². The molecule has 16 heteroatoms. The van der Waals surface area contributed by atoms with E-state index in [0.717, 1.165) is 19.3 Å². The number of hydrogen-bond acceptors (Lipinski definition) is 16. The maximum Gasteiger partial charge on any atom is 0.311 e. The van der Waals surface area contributed by atoms with Gasteiger partial charge in [0, 0.05) is 44.2 Å². The zero-order valence-corrected chi connectivity index (χ0v) is 44.0. The van der Waals surface area contributed by atoms with Crippen molar-refractivity contribution in [1.82, 2.24) is 4.90 Å². The Morgan fingerprint density at radius 2 is 1.43 bits per heavy atom. The van der Waals surface area contributed by atoms with Crippen molar-refractivity contribution >= 4 is 17.7 Å². The molecule has 0 spiro atoms. The van der Waals surface area contributed by atoms with Crippen molar-refractivity contribution in [2.75, 3.05) is 27.8 Å². The first-order valence-corrected chi connectivity index (χ1v) is 25.6. The normalized spacial score (nSPS) is 41.2. The molecule has 0 amide bonds. The molecule has 3 aliphatic rings. The summed E-state index contributed by atoms with van der Waals surface area (Å²) in [6, 6.07) is -0.325. The molecular weight excluding hydrogens is 865 g/mol. The maximum atomic E-state index is 14.5. The number of unbranched alkanes of at least 4 members (excludes halogenated alkanes) is 9. The van der Waals surface area contributed by atoms with Gasteiger partial charge in [-0.1, -0.05) is 91.1 Å². The Labute approximate surface area is 403 Å². The van der Waals surface area contributed by atoms with Crippen LogP contribution in [0.1, 0.15) is 173 Å². The molecule has 3 heterocycles. The van der Waals surface area contributed by atoms with Crippen LogP contribution in [0, 0.1) is 23.7 Å². The fraction of sp³-hybridized carbons (Fsp3) is 0.941. The van der Waals surface area contributed by atoms with Crippen molar-refractivity contribution in [2.24, 2.45) is 28.8 Å². The van der Waals surface area contributed by atoms with Crippen LogP contribution in [0.15, 0.2) is 5.16 Å². The lowest BCUT2D eigenvalue weighted by molar-refractivity contribution is -0.318. The van der Waals surface area contributed by atoms with Crippen LogP contribution in [0.25, 0.3) is 0 Å². The highest BCUT2D eigenvalue weighted by molar-refractivity contribution is 5.88. The third-order valence-corrected chi connectivity index (χ3v) is 14.9. The molecular formula is C51H94N2O14.